The number of likely N-dealkylation sites (tertiary alicyclic amines) is 1. The van der Waals surface area contributed by atoms with Crippen LogP contribution in [-0.2, 0) is 13.0 Å². The van der Waals surface area contributed by atoms with E-state index in [4.69, 9.17) is 11.6 Å². The lowest BCUT2D eigenvalue weighted by Crippen LogP contribution is -2.53. The summed E-state index contributed by atoms with van der Waals surface area (Å²) in [6, 6.07) is 13.4. The first-order valence-electron chi connectivity index (χ1n) is 8.20. The Morgan fingerprint density at radius 3 is 2.72 bits per heavy atom. The molecule has 0 unspecified atom stereocenters. The van der Waals surface area contributed by atoms with E-state index in [9.17, 15) is 9.90 Å². The van der Waals surface area contributed by atoms with Crippen LogP contribution < -0.4 is 0 Å². The Labute approximate surface area is 150 Å². The van der Waals surface area contributed by atoms with Gasteiger partial charge in [0.25, 0.3) is 5.91 Å². The zero-order valence-electron chi connectivity index (χ0n) is 13.5. The van der Waals surface area contributed by atoms with Crippen LogP contribution in [0.15, 0.2) is 42.5 Å². The number of hydrogen-bond donors (Lipinski definition) is 1. The molecule has 3 aromatic rings. The van der Waals surface area contributed by atoms with Gasteiger partial charge in [-0.1, -0.05) is 29.8 Å². The third-order valence-corrected chi connectivity index (χ3v) is 4.76. The van der Waals surface area contributed by atoms with Gasteiger partial charge in [-0.2, -0.15) is 0 Å². The maximum Gasteiger partial charge on any atom is 0.256 e. The Morgan fingerprint density at radius 1 is 1.24 bits per heavy atom. The van der Waals surface area contributed by atoms with Gasteiger partial charge in [0.2, 0.25) is 0 Å². The Kier molecular flexibility index (Phi) is 4.19. The molecule has 1 N–H and O–H groups in total. The predicted octanol–water partition coefficient (Wildman–Crippen LogP) is 2.55. The van der Waals surface area contributed by atoms with Crippen LogP contribution in [-0.4, -0.2) is 44.7 Å². The highest BCUT2D eigenvalue weighted by atomic mass is 35.5. The lowest BCUT2D eigenvalue weighted by molar-refractivity contribution is 0.00601. The SMILES string of the molecule is O=C(c1cccc2c1n[c]n2CCc1ccc(Cl)cc1)N1CC(O)C1. The van der Waals surface area contributed by atoms with Gasteiger partial charge in [-0.15, -0.1) is 0 Å². The molecule has 0 saturated carbocycles. The highest BCUT2D eigenvalue weighted by molar-refractivity contribution is 6.30. The van der Waals surface area contributed by atoms with Crippen LogP contribution >= 0.6 is 11.6 Å². The van der Waals surface area contributed by atoms with E-state index in [1.54, 1.807) is 11.0 Å². The van der Waals surface area contributed by atoms with Crippen LogP contribution in [0.4, 0.5) is 0 Å². The van der Waals surface area contributed by atoms with Gasteiger partial charge in [0.15, 0.2) is 6.33 Å². The number of carbonyl (C=O) groups excluding carboxylic acids is 1. The van der Waals surface area contributed by atoms with Gasteiger partial charge in [0.1, 0.15) is 5.52 Å². The number of aliphatic hydroxyl groups excluding tert-OH is 1. The summed E-state index contributed by atoms with van der Waals surface area (Å²) in [4.78, 5) is 18.5. The third-order valence-electron chi connectivity index (χ3n) is 4.51. The minimum absolute atomic E-state index is 0.0905. The van der Waals surface area contributed by atoms with Crippen molar-refractivity contribution in [1.29, 1.82) is 0 Å². The van der Waals surface area contributed by atoms with Crippen LogP contribution in [0.3, 0.4) is 0 Å². The van der Waals surface area contributed by atoms with Gasteiger partial charge in [-0.25, -0.2) is 4.98 Å². The Hall–Kier alpha value is -2.37. The Balaban J connectivity index is 1.56. The highest BCUT2D eigenvalue weighted by Gasteiger charge is 2.30. The molecule has 1 aliphatic heterocycles. The fourth-order valence-electron chi connectivity index (χ4n) is 3.06. The molecular weight excluding hydrogens is 338 g/mol. The van der Waals surface area contributed by atoms with Gasteiger partial charge in [-0.3, -0.25) is 4.79 Å². The summed E-state index contributed by atoms with van der Waals surface area (Å²) in [7, 11) is 0. The lowest BCUT2D eigenvalue weighted by Gasteiger charge is -2.35. The molecule has 1 fully saturated rings. The lowest BCUT2D eigenvalue weighted by atomic mass is 10.1. The topological polar surface area (TPSA) is 58.4 Å². The number of amides is 1. The first-order chi connectivity index (χ1) is 12.1. The van der Waals surface area contributed by atoms with Crippen LogP contribution in [0, 0.1) is 6.33 Å². The molecule has 2 heterocycles. The predicted molar refractivity (Wildman–Crippen MR) is 95.6 cm³/mol. The number of aryl methyl sites for hydroxylation is 2. The molecule has 1 radical (unpaired) electrons. The number of carbonyl (C=O) groups is 1. The number of fused-ring (bicyclic) bond motifs is 1. The number of para-hydroxylation sites is 1. The highest BCUT2D eigenvalue weighted by Crippen LogP contribution is 2.22. The Bertz CT molecular complexity index is 914. The summed E-state index contributed by atoms with van der Waals surface area (Å²) in [6.45, 7) is 1.49. The molecule has 6 heteroatoms. The van der Waals surface area contributed by atoms with E-state index in [2.05, 4.69) is 11.3 Å². The zero-order chi connectivity index (χ0) is 17.4. The molecule has 1 aliphatic rings. The quantitative estimate of drug-likeness (QED) is 0.783. The van der Waals surface area contributed by atoms with Crippen molar-refractivity contribution in [2.45, 2.75) is 19.1 Å². The molecule has 0 bridgehead atoms. The molecule has 1 aromatic heterocycles. The molecule has 1 saturated heterocycles. The second kappa shape index (κ2) is 6.50. The van der Waals surface area contributed by atoms with E-state index >= 15 is 0 Å². The van der Waals surface area contributed by atoms with Gasteiger partial charge in [0, 0.05) is 24.7 Å². The summed E-state index contributed by atoms with van der Waals surface area (Å²) in [5.74, 6) is -0.0905. The van der Waals surface area contributed by atoms with Crippen molar-refractivity contribution in [2.75, 3.05) is 13.1 Å². The van der Waals surface area contributed by atoms with Crippen molar-refractivity contribution in [3.63, 3.8) is 0 Å². The normalized spacial score (nSPS) is 14.7. The molecule has 127 valence electrons. The Morgan fingerprint density at radius 2 is 2.00 bits per heavy atom. The van der Waals surface area contributed by atoms with E-state index in [-0.39, 0.29) is 5.91 Å². The minimum Gasteiger partial charge on any atom is -0.389 e. The van der Waals surface area contributed by atoms with E-state index in [0.29, 0.717) is 24.2 Å². The van der Waals surface area contributed by atoms with Crippen LogP contribution in [0.1, 0.15) is 15.9 Å². The van der Waals surface area contributed by atoms with Gasteiger partial charge in [-0.05, 0) is 36.2 Å². The summed E-state index contributed by atoms with van der Waals surface area (Å²) in [5, 5.41) is 10.1. The summed E-state index contributed by atoms with van der Waals surface area (Å²) in [5.41, 5.74) is 3.29. The number of rotatable bonds is 4. The van der Waals surface area contributed by atoms with E-state index in [0.717, 1.165) is 23.5 Å². The first-order valence-corrected chi connectivity index (χ1v) is 8.58. The zero-order valence-corrected chi connectivity index (χ0v) is 14.3. The molecule has 2 aromatic carbocycles. The van der Waals surface area contributed by atoms with Crippen molar-refractivity contribution < 1.29 is 9.90 Å². The fraction of sp³-hybridized carbons (Fsp3) is 0.263. The average molecular weight is 355 g/mol. The van der Waals surface area contributed by atoms with Crippen LogP contribution in [0.25, 0.3) is 11.0 Å². The number of imidazole rings is 1. The van der Waals surface area contributed by atoms with Crippen LogP contribution in [0.2, 0.25) is 5.02 Å². The molecule has 0 aliphatic carbocycles. The number of aliphatic hydroxyl groups is 1. The summed E-state index contributed by atoms with van der Waals surface area (Å²) in [6.07, 6.45) is 3.41. The second-order valence-electron chi connectivity index (χ2n) is 6.28. The number of nitrogens with zero attached hydrogens (tertiary/aromatic N) is 3. The van der Waals surface area contributed by atoms with E-state index < -0.39 is 6.10 Å². The van der Waals surface area contributed by atoms with Gasteiger partial charge < -0.3 is 14.6 Å². The maximum atomic E-state index is 12.5. The maximum absolute atomic E-state index is 12.5. The number of benzene rings is 2. The van der Waals surface area contributed by atoms with Crippen molar-refractivity contribution in [3.8, 4) is 0 Å². The molecule has 5 nitrogen and oxygen atoms in total. The number of aromatic nitrogens is 2. The second-order valence-corrected chi connectivity index (χ2v) is 6.71. The van der Waals surface area contributed by atoms with Crippen molar-refractivity contribution >= 4 is 28.5 Å². The third kappa shape index (κ3) is 3.13. The van der Waals surface area contributed by atoms with Crippen molar-refractivity contribution in [1.82, 2.24) is 14.5 Å². The molecule has 4 rings (SSSR count). The smallest absolute Gasteiger partial charge is 0.256 e. The fourth-order valence-corrected chi connectivity index (χ4v) is 3.18. The molecule has 0 spiro atoms. The average Bonchev–Trinajstić information content (AvgIpc) is 3.01. The van der Waals surface area contributed by atoms with Crippen molar-refractivity contribution in [3.05, 3.63) is 64.9 Å². The monoisotopic (exact) mass is 354 g/mol. The first kappa shape index (κ1) is 16.1. The van der Waals surface area contributed by atoms with Gasteiger partial charge in [0.05, 0.1) is 17.2 Å². The number of halogens is 1. The minimum atomic E-state index is -0.411. The summed E-state index contributed by atoms with van der Waals surface area (Å²) >= 11 is 5.91. The van der Waals surface area contributed by atoms with E-state index in [1.807, 2.05) is 41.0 Å². The molecular formula is C19H17ClN3O2. The number of β-amino-alcohol motifs (C(OH)–C–C–N with tert-alkyl or cyclic N) is 1. The van der Waals surface area contributed by atoms with Gasteiger partial charge >= 0.3 is 0 Å². The van der Waals surface area contributed by atoms with Crippen LogP contribution in [0.5, 0.6) is 0 Å². The van der Waals surface area contributed by atoms with Crippen molar-refractivity contribution in [2.24, 2.45) is 0 Å². The molecule has 0 atom stereocenters. The molecule has 1 amide bonds. The number of hydrogen-bond acceptors (Lipinski definition) is 3. The van der Waals surface area contributed by atoms with E-state index in [1.165, 1.54) is 5.56 Å². The largest absolute Gasteiger partial charge is 0.389 e. The standard InChI is InChI=1S/C19H17ClN3O2/c20-14-6-4-13(5-7-14)8-9-22-12-21-18-16(2-1-3-17(18)22)19(25)23-10-15(24)11-23/h1-7,15,24H,8-11H2. The molecule has 25 heavy (non-hydrogen) atoms. The summed E-state index contributed by atoms with van der Waals surface area (Å²) < 4.78 is 1.94.